The Morgan fingerprint density at radius 2 is 1.75 bits per heavy atom. The number of hydrogen-bond acceptors (Lipinski definition) is 4. The maximum Gasteiger partial charge on any atom is 0.265 e. The predicted octanol–water partition coefficient (Wildman–Crippen LogP) is 2.46. The molecule has 0 bridgehead atoms. The number of para-hydroxylation sites is 2. The largest absolute Gasteiger partial charge is 0.476 e. The Morgan fingerprint density at radius 3 is 2.46 bits per heavy atom. The van der Waals surface area contributed by atoms with Crippen LogP contribution >= 0.6 is 0 Å². The molecule has 2 heterocycles. The lowest BCUT2D eigenvalue weighted by atomic mass is 10.1. The number of aryl methyl sites for hydroxylation is 1. The summed E-state index contributed by atoms with van der Waals surface area (Å²) in [7, 11) is 0. The first-order chi connectivity index (χ1) is 13.5. The molecule has 0 unspecified atom stereocenters. The fourth-order valence-corrected chi connectivity index (χ4v) is 3.87. The summed E-state index contributed by atoms with van der Waals surface area (Å²) < 4.78 is 5.96. The summed E-state index contributed by atoms with van der Waals surface area (Å²) in [6.45, 7) is 6.72. The van der Waals surface area contributed by atoms with E-state index in [-0.39, 0.29) is 18.4 Å². The second-order valence-electron chi connectivity index (χ2n) is 7.36. The van der Waals surface area contributed by atoms with Crippen LogP contribution < -0.4 is 14.5 Å². The van der Waals surface area contributed by atoms with Gasteiger partial charge in [-0.1, -0.05) is 24.3 Å². The molecule has 0 radical (unpaired) electrons. The minimum Gasteiger partial charge on any atom is -0.476 e. The second kappa shape index (κ2) is 7.54. The van der Waals surface area contributed by atoms with E-state index in [1.807, 2.05) is 23.1 Å². The van der Waals surface area contributed by atoms with Gasteiger partial charge in [-0.05, 0) is 36.8 Å². The number of piperazine rings is 1. The average molecular weight is 379 g/mol. The van der Waals surface area contributed by atoms with Crippen LogP contribution in [0.2, 0.25) is 0 Å². The van der Waals surface area contributed by atoms with Crippen LogP contribution in [-0.4, -0.2) is 55.5 Å². The van der Waals surface area contributed by atoms with Gasteiger partial charge in [0, 0.05) is 38.8 Å². The van der Waals surface area contributed by atoms with E-state index in [1.54, 1.807) is 11.0 Å². The molecular weight excluding hydrogens is 354 g/mol. The number of amides is 2. The lowest BCUT2D eigenvalue weighted by Crippen LogP contribution is -2.56. The maximum absolute atomic E-state index is 13.1. The van der Waals surface area contributed by atoms with Gasteiger partial charge in [0.25, 0.3) is 5.91 Å². The first-order valence-corrected chi connectivity index (χ1v) is 9.67. The zero-order valence-corrected chi connectivity index (χ0v) is 16.3. The molecule has 0 saturated carbocycles. The molecule has 1 fully saturated rings. The van der Waals surface area contributed by atoms with Crippen molar-refractivity contribution in [2.75, 3.05) is 42.5 Å². The average Bonchev–Trinajstić information content (AvgIpc) is 2.72. The Labute approximate surface area is 165 Å². The van der Waals surface area contributed by atoms with Crippen LogP contribution in [0.25, 0.3) is 0 Å². The van der Waals surface area contributed by atoms with Crippen molar-refractivity contribution in [2.24, 2.45) is 0 Å². The Morgan fingerprint density at radius 1 is 1.00 bits per heavy atom. The third-order valence-corrected chi connectivity index (χ3v) is 5.39. The molecule has 1 saturated heterocycles. The molecule has 28 heavy (non-hydrogen) atoms. The topological polar surface area (TPSA) is 53.1 Å². The van der Waals surface area contributed by atoms with Gasteiger partial charge < -0.3 is 19.4 Å². The van der Waals surface area contributed by atoms with Crippen molar-refractivity contribution in [2.45, 2.75) is 20.0 Å². The van der Waals surface area contributed by atoms with Crippen molar-refractivity contribution in [3.8, 4) is 5.75 Å². The van der Waals surface area contributed by atoms with Gasteiger partial charge in [-0.3, -0.25) is 9.59 Å². The van der Waals surface area contributed by atoms with E-state index in [1.165, 1.54) is 18.2 Å². The highest BCUT2D eigenvalue weighted by Crippen LogP contribution is 2.33. The van der Waals surface area contributed by atoms with Crippen LogP contribution in [0.5, 0.6) is 5.75 Å². The number of ether oxygens (including phenoxy) is 1. The van der Waals surface area contributed by atoms with E-state index in [2.05, 4.69) is 36.1 Å². The number of rotatable bonds is 2. The Hall–Kier alpha value is -3.02. The van der Waals surface area contributed by atoms with Gasteiger partial charge in [0.2, 0.25) is 5.91 Å². The summed E-state index contributed by atoms with van der Waals surface area (Å²) in [6, 6.07) is 15.8. The highest BCUT2D eigenvalue weighted by molar-refractivity contribution is 5.95. The molecule has 4 rings (SSSR count). The number of anilines is 2. The minimum atomic E-state index is -0.663. The van der Waals surface area contributed by atoms with Crippen molar-refractivity contribution in [1.29, 1.82) is 0 Å². The van der Waals surface area contributed by atoms with Crippen molar-refractivity contribution in [3.63, 3.8) is 0 Å². The zero-order valence-electron chi connectivity index (χ0n) is 16.3. The van der Waals surface area contributed by atoms with E-state index in [4.69, 9.17) is 4.74 Å². The Balaban J connectivity index is 1.44. The number of hydrogen-bond donors (Lipinski definition) is 0. The number of carbonyl (C=O) groups excluding carboxylic acids is 2. The minimum absolute atomic E-state index is 0.0513. The molecule has 2 aromatic rings. The summed E-state index contributed by atoms with van der Waals surface area (Å²) in [5.41, 5.74) is 3.15. The third-order valence-electron chi connectivity index (χ3n) is 5.39. The molecule has 2 aliphatic heterocycles. The number of fused-ring (bicyclic) bond motifs is 1. The molecular formula is C22H25N3O3. The third kappa shape index (κ3) is 3.54. The lowest BCUT2D eigenvalue weighted by Gasteiger charge is -2.40. The van der Waals surface area contributed by atoms with Crippen LogP contribution in [0, 0.1) is 6.92 Å². The normalized spacial score (nSPS) is 19.1. The molecule has 2 amide bonds. The van der Waals surface area contributed by atoms with Crippen molar-refractivity contribution >= 4 is 23.2 Å². The number of carbonyl (C=O) groups is 2. The zero-order chi connectivity index (χ0) is 19.7. The van der Waals surface area contributed by atoms with Crippen molar-refractivity contribution < 1.29 is 14.3 Å². The monoisotopic (exact) mass is 379 g/mol. The summed E-state index contributed by atoms with van der Waals surface area (Å²) in [5.74, 6) is 0.447. The van der Waals surface area contributed by atoms with Crippen LogP contribution in [0.3, 0.4) is 0 Å². The fourth-order valence-electron chi connectivity index (χ4n) is 3.87. The molecule has 6 nitrogen and oxygen atoms in total. The fraction of sp³-hybridized carbons (Fsp3) is 0.364. The summed E-state index contributed by atoms with van der Waals surface area (Å²) in [4.78, 5) is 30.9. The Kier molecular flexibility index (Phi) is 4.94. The van der Waals surface area contributed by atoms with Gasteiger partial charge in [-0.25, -0.2) is 0 Å². The molecule has 0 spiro atoms. The summed E-state index contributed by atoms with van der Waals surface area (Å²) >= 11 is 0. The smallest absolute Gasteiger partial charge is 0.265 e. The lowest BCUT2D eigenvalue weighted by molar-refractivity contribution is -0.139. The molecule has 0 aliphatic carbocycles. The summed E-state index contributed by atoms with van der Waals surface area (Å²) in [5, 5.41) is 0. The standard InChI is InChI=1S/C22H25N3O3/c1-16-6-5-7-18(14-16)23-10-12-24(13-11-23)22(27)21-15-25(17(2)26)19-8-3-4-9-20(19)28-21/h3-9,14,21H,10-13,15H2,1-2H3/t21-/m1/s1. The molecule has 2 aromatic carbocycles. The summed E-state index contributed by atoms with van der Waals surface area (Å²) in [6.07, 6.45) is -0.663. The Bertz CT molecular complexity index is 890. The van der Waals surface area contributed by atoms with Gasteiger partial charge >= 0.3 is 0 Å². The number of benzene rings is 2. The first-order valence-electron chi connectivity index (χ1n) is 9.67. The molecule has 1 atom stereocenters. The van der Waals surface area contributed by atoms with E-state index in [9.17, 15) is 9.59 Å². The van der Waals surface area contributed by atoms with Crippen LogP contribution in [0.15, 0.2) is 48.5 Å². The van der Waals surface area contributed by atoms with E-state index in [0.29, 0.717) is 18.8 Å². The van der Waals surface area contributed by atoms with Gasteiger partial charge in [-0.2, -0.15) is 0 Å². The number of nitrogens with zero attached hydrogens (tertiary/aromatic N) is 3. The van der Waals surface area contributed by atoms with E-state index < -0.39 is 6.10 Å². The van der Waals surface area contributed by atoms with Gasteiger partial charge in [0.1, 0.15) is 5.75 Å². The quantitative estimate of drug-likeness (QED) is 0.804. The highest BCUT2D eigenvalue weighted by atomic mass is 16.5. The van der Waals surface area contributed by atoms with Gasteiger partial charge in [-0.15, -0.1) is 0 Å². The van der Waals surface area contributed by atoms with Crippen LogP contribution in [-0.2, 0) is 9.59 Å². The van der Waals surface area contributed by atoms with E-state index >= 15 is 0 Å². The first kappa shape index (κ1) is 18.3. The van der Waals surface area contributed by atoms with Gasteiger partial charge in [0.05, 0.1) is 12.2 Å². The second-order valence-corrected chi connectivity index (χ2v) is 7.36. The highest BCUT2D eigenvalue weighted by Gasteiger charge is 2.35. The van der Waals surface area contributed by atoms with Crippen molar-refractivity contribution in [3.05, 3.63) is 54.1 Å². The van der Waals surface area contributed by atoms with Crippen LogP contribution in [0.1, 0.15) is 12.5 Å². The maximum atomic E-state index is 13.1. The van der Waals surface area contributed by atoms with Gasteiger partial charge in [0.15, 0.2) is 6.10 Å². The molecule has 0 N–H and O–H groups in total. The van der Waals surface area contributed by atoms with Crippen LogP contribution in [0.4, 0.5) is 11.4 Å². The van der Waals surface area contributed by atoms with E-state index in [0.717, 1.165) is 18.8 Å². The molecule has 0 aromatic heterocycles. The molecule has 2 aliphatic rings. The predicted molar refractivity (Wildman–Crippen MR) is 109 cm³/mol. The SMILES string of the molecule is CC(=O)N1C[C@H](C(=O)N2CCN(c3cccc(C)c3)CC2)Oc2ccccc21. The molecule has 6 heteroatoms. The van der Waals surface area contributed by atoms with Crippen molar-refractivity contribution in [1.82, 2.24) is 4.90 Å². The molecule has 146 valence electrons.